The van der Waals surface area contributed by atoms with Gasteiger partial charge in [-0.05, 0) is 38.0 Å². The Labute approximate surface area is 163 Å². The molecule has 1 saturated carbocycles. The zero-order valence-corrected chi connectivity index (χ0v) is 16.7. The minimum absolute atomic E-state index is 0.0256. The molecule has 156 valence electrons. The van der Waals surface area contributed by atoms with Gasteiger partial charge in [0.05, 0.1) is 18.3 Å². The third-order valence-corrected chi connectivity index (χ3v) is 5.41. The maximum absolute atomic E-state index is 10.5. The molecule has 4 N–H and O–H groups in total. The van der Waals surface area contributed by atoms with Crippen molar-refractivity contribution in [1.29, 1.82) is 0 Å². The monoisotopic (exact) mass is 382 g/mol. The number of rotatable bonds is 14. The lowest BCUT2D eigenvalue weighted by Gasteiger charge is -2.19. The minimum Gasteiger partial charge on any atom is -0.481 e. The molecule has 0 aromatic carbocycles. The summed E-state index contributed by atoms with van der Waals surface area (Å²) in [6.07, 6.45) is 15.0. The van der Waals surface area contributed by atoms with Gasteiger partial charge in [-0.2, -0.15) is 0 Å². The lowest BCUT2D eigenvalue weighted by atomic mass is 9.89. The van der Waals surface area contributed by atoms with E-state index < -0.39 is 24.3 Å². The van der Waals surface area contributed by atoms with Gasteiger partial charge in [-0.3, -0.25) is 4.79 Å². The molecule has 0 heterocycles. The van der Waals surface area contributed by atoms with Crippen molar-refractivity contribution in [3.05, 3.63) is 24.3 Å². The van der Waals surface area contributed by atoms with Crippen molar-refractivity contribution in [2.24, 2.45) is 11.8 Å². The Bertz CT molecular complexity index is 460. The molecule has 1 aliphatic carbocycles. The van der Waals surface area contributed by atoms with Gasteiger partial charge in [-0.1, -0.05) is 56.9 Å². The van der Waals surface area contributed by atoms with E-state index in [1.807, 2.05) is 6.08 Å². The first-order valence-electron chi connectivity index (χ1n) is 10.5. The molecule has 5 nitrogen and oxygen atoms in total. The van der Waals surface area contributed by atoms with Crippen LogP contribution in [0.15, 0.2) is 24.3 Å². The number of carbonyl (C=O) groups is 1. The van der Waals surface area contributed by atoms with E-state index in [4.69, 9.17) is 5.11 Å². The largest absolute Gasteiger partial charge is 0.481 e. The summed E-state index contributed by atoms with van der Waals surface area (Å²) >= 11 is 0. The van der Waals surface area contributed by atoms with Crippen LogP contribution in [0.5, 0.6) is 0 Å². The van der Waals surface area contributed by atoms with Crippen molar-refractivity contribution in [3.8, 4) is 0 Å². The van der Waals surface area contributed by atoms with E-state index in [-0.39, 0.29) is 18.3 Å². The second kappa shape index (κ2) is 13.9. The minimum atomic E-state index is -0.742. The highest BCUT2D eigenvalue weighted by Gasteiger charge is 2.39. The van der Waals surface area contributed by atoms with Crippen LogP contribution in [0.2, 0.25) is 0 Å². The van der Waals surface area contributed by atoms with E-state index in [2.05, 4.69) is 19.1 Å². The van der Waals surface area contributed by atoms with E-state index in [0.717, 1.165) is 44.9 Å². The Morgan fingerprint density at radius 2 is 1.85 bits per heavy atom. The van der Waals surface area contributed by atoms with Crippen molar-refractivity contribution < 1.29 is 25.2 Å². The molecular weight excluding hydrogens is 344 g/mol. The number of hydrogen-bond acceptors (Lipinski definition) is 4. The summed E-state index contributed by atoms with van der Waals surface area (Å²) < 4.78 is 0. The standard InChI is InChI=1S/C22H38O5/c1-2-3-8-11-17(23)14-15-19-18(20(24)16-21(19)25)12-9-6-4-5-7-10-13-22(26)27/h6,9,14-15,17-21,23-25H,2-5,7-8,10-13,16H2,1H3,(H,26,27)/b9-6-,15-14+/t17-,18+,19-,20+,21-/m1/s1. The maximum Gasteiger partial charge on any atom is 0.303 e. The average Bonchev–Trinajstić information content (AvgIpc) is 2.88. The number of carboxylic acids is 1. The average molecular weight is 383 g/mol. The van der Waals surface area contributed by atoms with E-state index in [0.29, 0.717) is 19.3 Å². The molecule has 5 atom stereocenters. The van der Waals surface area contributed by atoms with Crippen molar-refractivity contribution in [2.75, 3.05) is 0 Å². The van der Waals surface area contributed by atoms with Crippen LogP contribution in [0.25, 0.3) is 0 Å². The number of hydrogen-bond donors (Lipinski definition) is 4. The molecule has 0 bridgehead atoms. The molecule has 1 rings (SSSR count). The SMILES string of the molecule is CCCCC[C@@H](O)/C=C/[C@@H]1[C@H](C/C=C\CCCCCC(=O)O)[C@@H](O)C[C@H]1O. The van der Waals surface area contributed by atoms with Gasteiger partial charge in [0.2, 0.25) is 0 Å². The molecule has 0 unspecified atom stereocenters. The van der Waals surface area contributed by atoms with Crippen LogP contribution in [0.1, 0.15) is 77.6 Å². The summed E-state index contributed by atoms with van der Waals surface area (Å²) in [5, 5.41) is 39.1. The molecule has 0 aromatic rings. The third-order valence-electron chi connectivity index (χ3n) is 5.41. The van der Waals surface area contributed by atoms with Crippen LogP contribution in [-0.4, -0.2) is 44.7 Å². The molecule has 0 aromatic heterocycles. The van der Waals surface area contributed by atoms with Gasteiger partial charge in [0.15, 0.2) is 0 Å². The summed E-state index contributed by atoms with van der Waals surface area (Å²) in [5.74, 6) is -0.891. The predicted molar refractivity (Wildman–Crippen MR) is 107 cm³/mol. The fourth-order valence-electron chi connectivity index (χ4n) is 3.75. The normalized spacial score (nSPS) is 27.0. The van der Waals surface area contributed by atoms with Crippen LogP contribution in [-0.2, 0) is 4.79 Å². The molecule has 0 amide bonds. The van der Waals surface area contributed by atoms with Crippen LogP contribution in [0.3, 0.4) is 0 Å². The topological polar surface area (TPSA) is 98.0 Å². The number of allylic oxidation sites excluding steroid dienone is 2. The van der Waals surface area contributed by atoms with Gasteiger partial charge in [-0.25, -0.2) is 0 Å². The number of unbranched alkanes of at least 4 members (excludes halogenated alkanes) is 5. The summed E-state index contributed by atoms with van der Waals surface area (Å²) in [5.41, 5.74) is 0. The zero-order valence-electron chi connectivity index (χ0n) is 16.7. The van der Waals surface area contributed by atoms with E-state index in [9.17, 15) is 20.1 Å². The first-order chi connectivity index (χ1) is 13.0. The fourth-order valence-corrected chi connectivity index (χ4v) is 3.75. The van der Waals surface area contributed by atoms with Crippen LogP contribution < -0.4 is 0 Å². The van der Waals surface area contributed by atoms with Crippen molar-refractivity contribution in [1.82, 2.24) is 0 Å². The maximum atomic E-state index is 10.5. The first-order valence-corrected chi connectivity index (χ1v) is 10.5. The number of aliphatic hydroxyl groups excluding tert-OH is 3. The highest BCUT2D eigenvalue weighted by atomic mass is 16.4. The van der Waals surface area contributed by atoms with Gasteiger partial charge < -0.3 is 20.4 Å². The Morgan fingerprint density at radius 1 is 1.07 bits per heavy atom. The Morgan fingerprint density at radius 3 is 2.56 bits per heavy atom. The van der Waals surface area contributed by atoms with Gasteiger partial charge >= 0.3 is 5.97 Å². The molecule has 0 aliphatic heterocycles. The van der Waals surface area contributed by atoms with Gasteiger partial charge in [0.1, 0.15) is 0 Å². The second-order valence-corrected chi connectivity index (χ2v) is 7.76. The van der Waals surface area contributed by atoms with Crippen molar-refractivity contribution in [3.63, 3.8) is 0 Å². The van der Waals surface area contributed by atoms with Gasteiger partial charge in [0, 0.05) is 18.8 Å². The van der Waals surface area contributed by atoms with Crippen molar-refractivity contribution >= 4 is 5.97 Å². The number of aliphatic carboxylic acids is 1. The Hall–Kier alpha value is -1.17. The van der Waals surface area contributed by atoms with E-state index in [1.54, 1.807) is 6.08 Å². The van der Waals surface area contributed by atoms with E-state index >= 15 is 0 Å². The van der Waals surface area contributed by atoms with Gasteiger partial charge in [-0.15, -0.1) is 0 Å². The second-order valence-electron chi connectivity index (χ2n) is 7.76. The lowest BCUT2D eigenvalue weighted by Crippen LogP contribution is -2.20. The fraction of sp³-hybridized carbons (Fsp3) is 0.773. The molecule has 1 aliphatic rings. The number of carboxylic acid groups (broad SMARTS) is 1. The summed E-state index contributed by atoms with van der Waals surface area (Å²) in [6, 6.07) is 0. The highest BCUT2D eigenvalue weighted by Crippen LogP contribution is 2.36. The molecule has 27 heavy (non-hydrogen) atoms. The Balaban J connectivity index is 2.37. The van der Waals surface area contributed by atoms with Crippen LogP contribution >= 0.6 is 0 Å². The molecule has 0 spiro atoms. The quantitative estimate of drug-likeness (QED) is 0.270. The van der Waals surface area contributed by atoms with E-state index in [1.165, 1.54) is 0 Å². The zero-order chi connectivity index (χ0) is 20.1. The summed E-state index contributed by atoms with van der Waals surface area (Å²) in [4.78, 5) is 10.5. The predicted octanol–water partition coefficient (Wildman–Crippen LogP) is 3.82. The smallest absolute Gasteiger partial charge is 0.303 e. The molecular formula is C22H38O5. The van der Waals surface area contributed by atoms with Crippen molar-refractivity contribution in [2.45, 2.75) is 95.9 Å². The first kappa shape index (κ1) is 23.9. The number of aliphatic hydroxyl groups is 3. The van der Waals surface area contributed by atoms with Gasteiger partial charge in [0.25, 0.3) is 0 Å². The van der Waals surface area contributed by atoms with Crippen LogP contribution in [0.4, 0.5) is 0 Å². The Kier molecular flexibility index (Phi) is 12.3. The molecule has 1 fully saturated rings. The lowest BCUT2D eigenvalue weighted by molar-refractivity contribution is -0.137. The summed E-state index contributed by atoms with van der Waals surface area (Å²) in [6.45, 7) is 2.13. The molecule has 5 heteroatoms. The molecule has 0 saturated heterocycles. The highest BCUT2D eigenvalue weighted by molar-refractivity contribution is 5.66. The van der Waals surface area contributed by atoms with Crippen LogP contribution in [0, 0.1) is 11.8 Å². The molecule has 0 radical (unpaired) electrons. The summed E-state index contributed by atoms with van der Waals surface area (Å²) in [7, 11) is 0. The third kappa shape index (κ3) is 10.1.